The van der Waals surface area contributed by atoms with Crippen molar-refractivity contribution in [2.75, 3.05) is 13.2 Å². The van der Waals surface area contributed by atoms with Crippen molar-refractivity contribution in [3.8, 4) is 0 Å². The predicted molar refractivity (Wildman–Crippen MR) is 73.0 cm³/mol. The monoisotopic (exact) mass is 280 g/mol. The minimum Gasteiger partial charge on any atom is -0.377 e. The van der Waals surface area contributed by atoms with Gasteiger partial charge in [-0.3, -0.25) is 0 Å². The summed E-state index contributed by atoms with van der Waals surface area (Å²) in [4.78, 5) is 8.41. The third-order valence-electron chi connectivity index (χ3n) is 2.92. The topological polar surface area (TPSA) is 35.0 Å². The van der Waals surface area contributed by atoms with Crippen LogP contribution in [-0.4, -0.2) is 23.2 Å². The summed E-state index contributed by atoms with van der Waals surface area (Å²) in [6, 6.07) is 5.57. The third kappa shape index (κ3) is 2.21. The summed E-state index contributed by atoms with van der Waals surface area (Å²) in [6.45, 7) is 1.37. The number of aromatic nitrogens is 2. The van der Waals surface area contributed by atoms with Gasteiger partial charge >= 0.3 is 0 Å². The van der Waals surface area contributed by atoms with Crippen molar-refractivity contribution in [1.29, 1.82) is 0 Å². The zero-order valence-corrected chi connectivity index (χ0v) is 11.0. The summed E-state index contributed by atoms with van der Waals surface area (Å²) < 4.78 is 5.32. The molecule has 3 nitrogen and oxygen atoms in total. The first-order chi connectivity index (χ1) is 8.74. The van der Waals surface area contributed by atoms with Gasteiger partial charge in [0.15, 0.2) is 5.65 Å². The Balaban J connectivity index is 2.24. The molecular weight excluding hydrogens is 271 g/mol. The summed E-state index contributed by atoms with van der Waals surface area (Å²) in [5.74, 6) is 0. The zero-order valence-electron chi connectivity index (χ0n) is 9.49. The van der Waals surface area contributed by atoms with Gasteiger partial charge < -0.3 is 4.74 Å². The maximum atomic E-state index is 6.04. The molecule has 0 unspecified atom stereocenters. The Kier molecular flexibility index (Phi) is 3.20. The largest absolute Gasteiger partial charge is 0.377 e. The van der Waals surface area contributed by atoms with Crippen LogP contribution in [0.2, 0.25) is 10.3 Å². The highest BCUT2D eigenvalue weighted by molar-refractivity contribution is 6.31. The quantitative estimate of drug-likeness (QED) is 0.747. The van der Waals surface area contributed by atoms with Crippen molar-refractivity contribution in [3.63, 3.8) is 0 Å². The van der Waals surface area contributed by atoms with Gasteiger partial charge in [0, 0.05) is 5.39 Å². The molecule has 1 aliphatic rings. The zero-order chi connectivity index (χ0) is 12.5. The minimum absolute atomic E-state index is 0.421. The van der Waals surface area contributed by atoms with E-state index in [0.29, 0.717) is 22.6 Å². The Hall–Kier alpha value is -1.16. The first-order valence-electron chi connectivity index (χ1n) is 5.64. The normalized spacial score (nSPS) is 15.8. The summed E-state index contributed by atoms with van der Waals surface area (Å²) in [5, 5.41) is 1.82. The highest BCUT2D eigenvalue weighted by Gasteiger charge is 2.12. The van der Waals surface area contributed by atoms with E-state index in [1.165, 1.54) is 5.57 Å². The SMILES string of the molecule is Clc1ccc2c(C3=CCOCC3)cc(Cl)nc2n1. The average molecular weight is 281 g/mol. The van der Waals surface area contributed by atoms with E-state index in [9.17, 15) is 0 Å². The minimum atomic E-state index is 0.421. The molecule has 0 saturated carbocycles. The number of pyridine rings is 2. The molecule has 0 bridgehead atoms. The van der Waals surface area contributed by atoms with Crippen molar-refractivity contribution in [3.05, 3.63) is 40.1 Å². The first kappa shape index (κ1) is 11.9. The molecule has 1 aliphatic heterocycles. The number of ether oxygens (including phenoxy) is 1. The molecule has 18 heavy (non-hydrogen) atoms. The molecule has 0 N–H and O–H groups in total. The van der Waals surface area contributed by atoms with Crippen molar-refractivity contribution >= 4 is 39.8 Å². The molecule has 3 heterocycles. The summed E-state index contributed by atoms with van der Waals surface area (Å²) >= 11 is 11.9. The molecule has 2 aromatic rings. The number of nitrogens with zero attached hydrogens (tertiary/aromatic N) is 2. The molecular formula is C13H10Cl2N2O. The lowest BCUT2D eigenvalue weighted by Crippen LogP contribution is -2.04. The Labute approximate surface area is 114 Å². The van der Waals surface area contributed by atoms with Gasteiger partial charge in [-0.2, -0.15) is 0 Å². The van der Waals surface area contributed by atoms with E-state index in [1.54, 1.807) is 6.07 Å². The Morgan fingerprint density at radius 2 is 1.94 bits per heavy atom. The molecule has 0 saturated heterocycles. The van der Waals surface area contributed by atoms with Crippen LogP contribution in [0.3, 0.4) is 0 Å². The molecule has 3 rings (SSSR count). The van der Waals surface area contributed by atoms with Gasteiger partial charge in [0.25, 0.3) is 0 Å². The van der Waals surface area contributed by atoms with Gasteiger partial charge in [-0.15, -0.1) is 0 Å². The molecule has 0 aliphatic carbocycles. The molecule has 0 aromatic carbocycles. The Morgan fingerprint density at radius 1 is 1.11 bits per heavy atom. The van der Waals surface area contributed by atoms with Crippen LogP contribution in [0.15, 0.2) is 24.3 Å². The lowest BCUT2D eigenvalue weighted by molar-refractivity contribution is 0.161. The molecule has 92 valence electrons. The fourth-order valence-electron chi connectivity index (χ4n) is 2.09. The average Bonchev–Trinajstić information content (AvgIpc) is 2.38. The van der Waals surface area contributed by atoms with Crippen LogP contribution in [0.1, 0.15) is 12.0 Å². The first-order valence-corrected chi connectivity index (χ1v) is 6.39. The number of fused-ring (bicyclic) bond motifs is 1. The smallest absolute Gasteiger partial charge is 0.163 e. The second kappa shape index (κ2) is 4.84. The molecule has 2 aromatic heterocycles. The van der Waals surface area contributed by atoms with Gasteiger partial charge in [-0.1, -0.05) is 29.3 Å². The van der Waals surface area contributed by atoms with Gasteiger partial charge in [0.1, 0.15) is 10.3 Å². The van der Waals surface area contributed by atoms with Crippen molar-refractivity contribution < 1.29 is 4.74 Å². The van der Waals surface area contributed by atoms with E-state index in [1.807, 2.05) is 12.1 Å². The van der Waals surface area contributed by atoms with Crippen LogP contribution in [0, 0.1) is 0 Å². The van der Waals surface area contributed by atoms with E-state index in [-0.39, 0.29) is 0 Å². The summed E-state index contributed by atoms with van der Waals surface area (Å²) in [7, 11) is 0. The summed E-state index contributed by atoms with van der Waals surface area (Å²) in [6.07, 6.45) is 2.95. The van der Waals surface area contributed by atoms with Crippen LogP contribution in [-0.2, 0) is 4.74 Å². The third-order valence-corrected chi connectivity index (χ3v) is 3.32. The van der Waals surface area contributed by atoms with E-state index < -0.39 is 0 Å². The summed E-state index contributed by atoms with van der Waals surface area (Å²) in [5.41, 5.74) is 2.87. The van der Waals surface area contributed by atoms with E-state index >= 15 is 0 Å². The van der Waals surface area contributed by atoms with Gasteiger partial charge in [0.2, 0.25) is 0 Å². The number of hydrogen-bond acceptors (Lipinski definition) is 3. The lowest BCUT2D eigenvalue weighted by atomic mass is 9.99. The van der Waals surface area contributed by atoms with E-state index in [0.717, 1.165) is 24.0 Å². The molecule has 0 radical (unpaired) electrons. The highest BCUT2D eigenvalue weighted by Crippen LogP contribution is 2.30. The standard InChI is InChI=1S/C13H10Cl2N2O/c14-11-2-1-9-10(8-3-5-18-6-4-8)7-12(15)17-13(9)16-11/h1-3,7H,4-6H2. The maximum Gasteiger partial charge on any atom is 0.163 e. The number of hydrogen-bond donors (Lipinski definition) is 0. The number of halogens is 2. The Morgan fingerprint density at radius 3 is 2.72 bits per heavy atom. The van der Waals surface area contributed by atoms with E-state index in [4.69, 9.17) is 27.9 Å². The fraction of sp³-hybridized carbons (Fsp3) is 0.231. The van der Waals surface area contributed by atoms with Crippen LogP contribution in [0.4, 0.5) is 0 Å². The van der Waals surface area contributed by atoms with Crippen molar-refractivity contribution in [1.82, 2.24) is 9.97 Å². The fourth-order valence-corrected chi connectivity index (χ4v) is 2.42. The van der Waals surface area contributed by atoms with Gasteiger partial charge in [-0.05, 0) is 35.8 Å². The van der Waals surface area contributed by atoms with Crippen molar-refractivity contribution in [2.24, 2.45) is 0 Å². The molecule has 0 fully saturated rings. The second-order valence-corrected chi connectivity index (χ2v) is 4.83. The predicted octanol–water partition coefficient (Wildman–Crippen LogP) is 3.74. The maximum absolute atomic E-state index is 6.04. The molecule has 5 heteroatoms. The van der Waals surface area contributed by atoms with Crippen LogP contribution in [0.5, 0.6) is 0 Å². The Bertz CT molecular complexity index is 635. The van der Waals surface area contributed by atoms with Gasteiger partial charge in [-0.25, -0.2) is 9.97 Å². The van der Waals surface area contributed by atoms with Crippen molar-refractivity contribution in [2.45, 2.75) is 6.42 Å². The van der Waals surface area contributed by atoms with Crippen LogP contribution >= 0.6 is 23.2 Å². The highest BCUT2D eigenvalue weighted by atomic mass is 35.5. The lowest BCUT2D eigenvalue weighted by Gasteiger charge is -2.15. The molecule has 0 atom stereocenters. The van der Waals surface area contributed by atoms with Crippen LogP contribution < -0.4 is 0 Å². The molecule has 0 spiro atoms. The van der Waals surface area contributed by atoms with Gasteiger partial charge in [0.05, 0.1) is 13.2 Å². The molecule has 0 amide bonds. The number of rotatable bonds is 1. The van der Waals surface area contributed by atoms with E-state index in [2.05, 4.69) is 16.0 Å². The van der Waals surface area contributed by atoms with Crippen LogP contribution in [0.25, 0.3) is 16.6 Å². The second-order valence-electron chi connectivity index (χ2n) is 4.05.